The van der Waals surface area contributed by atoms with Crippen molar-refractivity contribution in [3.8, 4) is 0 Å². The van der Waals surface area contributed by atoms with Gasteiger partial charge in [-0.3, -0.25) is 9.59 Å². The second-order valence-electron chi connectivity index (χ2n) is 2.62. The molecule has 0 aromatic carbocycles. The Morgan fingerprint density at radius 2 is 1.93 bits per heavy atom. The van der Waals surface area contributed by atoms with Gasteiger partial charge in [0, 0.05) is 0 Å². The third-order valence-electron chi connectivity index (χ3n) is 1.57. The number of methoxy groups -OCH3 is 2. The number of hydrogen-bond acceptors (Lipinski definition) is 5. The first-order valence-electron chi connectivity index (χ1n) is 4.17. The van der Waals surface area contributed by atoms with E-state index in [4.69, 9.17) is 5.73 Å². The van der Waals surface area contributed by atoms with Crippen molar-refractivity contribution in [3.05, 3.63) is 12.2 Å². The van der Waals surface area contributed by atoms with Crippen LogP contribution in [-0.4, -0.2) is 32.2 Å². The number of rotatable bonds is 5. The fourth-order valence-electron chi connectivity index (χ4n) is 0.753. The highest BCUT2D eigenvalue weighted by Gasteiger charge is 2.10. The molecule has 0 aromatic rings. The summed E-state index contributed by atoms with van der Waals surface area (Å²) in [7, 11) is 2.59. The van der Waals surface area contributed by atoms with Crippen molar-refractivity contribution < 1.29 is 19.1 Å². The topological polar surface area (TPSA) is 78.6 Å². The van der Waals surface area contributed by atoms with Crippen LogP contribution < -0.4 is 5.73 Å². The zero-order valence-corrected chi connectivity index (χ0v) is 8.36. The molecule has 80 valence electrons. The first-order valence-corrected chi connectivity index (χ1v) is 4.17. The Kier molecular flexibility index (Phi) is 6.39. The maximum Gasteiger partial charge on any atom is 0.322 e. The predicted octanol–water partition coefficient (Wildman–Crippen LogP) is -0.00390. The summed E-state index contributed by atoms with van der Waals surface area (Å²) in [6.07, 6.45) is 3.79. The minimum Gasteiger partial charge on any atom is -0.469 e. The van der Waals surface area contributed by atoms with E-state index in [0.717, 1.165) is 0 Å². The average molecular weight is 201 g/mol. The zero-order chi connectivity index (χ0) is 11.0. The molecule has 0 heterocycles. The van der Waals surface area contributed by atoms with Gasteiger partial charge in [0.05, 0.1) is 20.6 Å². The lowest BCUT2D eigenvalue weighted by atomic mass is 10.2. The lowest BCUT2D eigenvalue weighted by molar-refractivity contribution is -0.142. The van der Waals surface area contributed by atoms with E-state index in [-0.39, 0.29) is 12.4 Å². The quantitative estimate of drug-likeness (QED) is 0.500. The molecule has 0 aliphatic rings. The van der Waals surface area contributed by atoms with Crippen LogP contribution in [0.1, 0.15) is 12.8 Å². The van der Waals surface area contributed by atoms with Crippen LogP contribution in [-0.2, 0) is 19.1 Å². The molecule has 0 aliphatic heterocycles. The minimum absolute atomic E-state index is 0.185. The Hall–Kier alpha value is -1.36. The average Bonchev–Trinajstić information content (AvgIpc) is 2.22. The number of carbonyl (C=O) groups excluding carboxylic acids is 2. The number of carbonyl (C=O) groups is 2. The maximum absolute atomic E-state index is 10.8. The number of ether oxygens (including phenoxy) is 2. The molecule has 0 spiro atoms. The molecule has 0 fully saturated rings. The summed E-state index contributed by atoms with van der Waals surface area (Å²) in [6, 6.07) is -0.672. The molecule has 2 N–H and O–H groups in total. The Bertz CT molecular complexity index is 225. The summed E-state index contributed by atoms with van der Waals surface area (Å²) in [6.45, 7) is 0. The van der Waals surface area contributed by atoms with Gasteiger partial charge in [-0.2, -0.15) is 0 Å². The van der Waals surface area contributed by atoms with Crippen LogP contribution in [0.2, 0.25) is 0 Å². The summed E-state index contributed by atoms with van der Waals surface area (Å²) in [5.41, 5.74) is 5.44. The maximum atomic E-state index is 10.8. The second-order valence-corrected chi connectivity index (χ2v) is 2.62. The van der Waals surface area contributed by atoms with Crippen LogP contribution in [0.5, 0.6) is 0 Å². The molecular formula is C9H15NO4. The van der Waals surface area contributed by atoms with Crippen molar-refractivity contribution in [1.82, 2.24) is 0 Å². The Morgan fingerprint density at radius 1 is 1.29 bits per heavy atom. The highest BCUT2D eigenvalue weighted by Crippen LogP contribution is 1.95. The first kappa shape index (κ1) is 12.6. The molecule has 1 unspecified atom stereocenters. The van der Waals surface area contributed by atoms with E-state index in [1.54, 1.807) is 12.2 Å². The van der Waals surface area contributed by atoms with Gasteiger partial charge in [-0.05, 0) is 6.42 Å². The van der Waals surface area contributed by atoms with E-state index in [2.05, 4.69) is 9.47 Å². The Balaban J connectivity index is 3.71. The van der Waals surface area contributed by atoms with Crippen LogP contribution in [0.3, 0.4) is 0 Å². The molecule has 0 aromatic heterocycles. The highest BCUT2D eigenvalue weighted by molar-refractivity contribution is 5.75. The van der Waals surface area contributed by atoms with E-state index in [1.807, 2.05) is 0 Å². The number of nitrogens with two attached hydrogens (primary N) is 1. The van der Waals surface area contributed by atoms with E-state index >= 15 is 0 Å². The Labute approximate surface area is 82.9 Å². The molecule has 0 radical (unpaired) electrons. The smallest absolute Gasteiger partial charge is 0.322 e. The van der Waals surface area contributed by atoms with Gasteiger partial charge in [0.25, 0.3) is 0 Å². The van der Waals surface area contributed by atoms with Gasteiger partial charge in [0.15, 0.2) is 0 Å². The van der Waals surface area contributed by atoms with Crippen molar-refractivity contribution in [3.63, 3.8) is 0 Å². The monoisotopic (exact) mass is 201 g/mol. The van der Waals surface area contributed by atoms with Crippen molar-refractivity contribution in [2.75, 3.05) is 14.2 Å². The summed E-state index contributed by atoms with van der Waals surface area (Å²) in [5, 5.41) is 0. The fourth-order valence-corrected chi connectivity index (χ4v) is 0.753. The van der Waals surface area contributed by atoms with Crippen molar-refractivity contribution in [2.24, 2.45) is 5.73 Å². The lowest BCUT2D eigenvalue weighted by Crippen LogP contribution is -2.30. The summed E-state index contributed by atoms with van der Waals surface area (Å²) < 4.78 is 8.83. The molecule has 0 amide bonds. The van der Waals surface area contributed by atoms with Crippen LogP contribution in [0.4, 0.5) is 0 Å². The lowest BCUT2D eigenvalue weighted by Gasteiger charge is -2.04. The number of hydrogen-bond donors (Lipinski definition) is 1. The van der Waals surface area contributed by atoms with Gasteiger partial charge in [0.2, 0.25) is 0 Å². The summed E-state index contributed by atoms with van der Waals surface area (Å²) in [4.78, 5) is 21.5. The van der Waals surface area contributed by atoms with Crippen molar-refractivity contribution in [2.45, 2.75) is 18.9 Å². The third kappa shape index (κ3) is 5.31. The largest absolute Gasteiger partial charge is 0.469 e. The molecule has 1 atom stereocenters. The van der Waals surface area contributed by atoms with E-state index < -0.39 is 12.0 Å². The molecule has 0 saturated carbocycles. The zero-order valence-electron chi connectivity index (χ0n) is 8.36. The molecule has 5 nitrogen and oxygen atoms in total. The molecule has 0 aliphatic carbocycles. The molecule has 5 heteroatoms. The van der Waals surface area contributed by atoms with Crippen LogP contribution in [0.15, 0.2) is 12.2 Å². The minimum atomic E-state index is -0.672. The van der Waals surface area contributed by atoms with Gasteiger partial charge in [-0.25, -0.2) is 0 Å². The Morgan fingerprint density at radius 3 is 2.43 bits per heavy atom. The molecular weight excluding hydrogens is 186 g/mol. The molecule has 14 heavy (non-hydrogen) atoms. The standard InChI is InChI=1S/C9H15NO4/c1-13-8(11)6-4-3-5-7(10)9(12)14-2/h3-4,7H,5-6,10H2,1-2H3. The molecule has 0 bridgehead atoms. The van der Waals surface area contributed by atoms with Crippen LogP contribution >= 0.6 is 0 Å². The van der Waals surface area contributed by atoms with Gasteiger partial charge in [0.1, 0.15) is 6.04 Å². The van der Waals surface area contributed by atoms with Crippen molar-refractivity contribution in [1.29, 1.82) is 0 Å². The van der Waals surface area contributed by atoms with Gasteiger partial charge in [-0.15, -0.1) is 0 Å². The van der Waals surface area contributed by atoms with Gasteiger partial charge in [-0.1, -0.05) is 12.2 Å². The van der Waals surface area contributed by atoms with Crippen LogP contribution in [0.25, 0.3) is 0 Å². The third-order valence-corrected chi connectivity index (χ3v) is 1.57. The van der Waals surface area contributed by atoms with Gasteiger partial charge >= 0.3 is 11.9 Å². The second kappa shape index (κ2) is 7.08. The van der Waals surface area contributed by atoms with Crippen molar-refractivity contribution >= 4 is 11.9 Å². The molecule has 0 saturated heterocycles. The van der Waals surface area contributed by atoms with E-state index in [1.165, 1.54) is 14.2 Å². The highest BCUT2D eigenvalue weighted by atomic mass is 16.5. The van der Waals surface area contributed by atoms with E-state index in [9.17, 15) is 9.59 Å². The predicted molar refractivity (Wildman–Crippen MR) is 50.4 cm³/mol. The number of esters is 2. The van der Waals surface area contributed by atoms with Crippen LogP contribution in [0, 0.1) is 0 Å². The van der Waals surface area contributed by atoms with E-state index in [0.29, 0.717) is 6.42 Å². The normalized spacial score (nSPS) is 12.5. The summed E-state index contributed by atoms with van der Waals surface area (Å²) >= 11 is 0. The van der Waals surface area contributed by atoms with Gasteiger partial charge < -0.3 is 15.2 Å². The first-order chi connectivity index (χ1) is 6.61. The SMILES string of the molecule is COC(=O)CC=CCC(N)C(=O)OC. The summed E-state index contributed by atoms with van der Waals surface area (Å²) in [5.74, 6) is -0.791. The molecule has 0 rings (SSSR count). The fraction of sp³-hybridized carbons (Fsp3) is 0.556.